The van der Waals surface area contributed by atoms with Crippen LogP contribution >= 0.6 is 11.6 Å². The lowest BCUT2D eigenvalue weighted by molar-refractivity contribution is -0.386. The lowest BCUT2D eigenvalue weighted by Crippen LogP contribution is -2.25. The van der Waals surface area contributed by atoms with Crippen LogP contribution in [0.1, 0.15) is 11.3 Å². The van der Waals surface area contributed by atoms with E-state index in [4.69, 9.17) is 11.6 Å². The van der Waals surface area contributed by atoms with Gasteiger partial charge in [0.15, 0.2) is 0 Å². The summed E-state index contributed by atoms with van der Waals surface area (Å²) < 4.78 is 0. The lowest BCUT2D eigenvalue weighted by atomic mass is 10.1. The van der Waals surface area contributed by atoms with Crippen molar-refractivity contribution in [3.8, 4) is 5.75 Å². The van der Waals surface area contributed by atoms with E-state index >= 15 is 0 Å². The van der Waals surface area contributed by atoms with Gasteiger partial charge in [0.25, 0.3) is 0 Å². The van der Waals surface area contributed by atoms with Crippen LogP contribution in [-0.4, -0.2) is 20.0 Å². The smallest absolute Gasteiger partial charge is 0.357 e. The van der Waals surface area contributed by atoms with E-state index in [1.807, 2.05) is 0 Å². The van der Waals surface area contributed by atoms with Crippen LogP contribution < -0.4 is 11.2 Å². The topological polar surface area (TPSA) is 154 Å². The molecular formula is C18H12ClN5O5. The minimum absolute atomic E-state index is 0.146. The highest BCUT2D eigenvalue weighted by molar-refractivity contribution is 6.32. The van der Waals surface area contributed by atoms with E-state index in [9.17, 15) is 24.8 Å². The van der Waals surface area contributed by atoms with Gasteiger partial charge in [0.1, 0.15) is 17.1 Å². The SMILES string of the molecule is O=c1[nH]c(/C=C/c2cc(N=Nc3ccccc3Cl)ccc2O)c([N+](=O)[O-])c(=O)[nH]1. The normalized spacial score (nSPS) is 11.3. The van der Waals surface area contributed by atoms with Crippen molar-refractivity contribution in [1.82, 2.24) is 9.97 Å². The predicted molar refractivity (Wildman–Crippen MR) is 107 cm³/mol. The Kier molecular flexibility index (Phi) is 5.65. The Bertz CT molecular complexity index is 1260. The summed E-state index contributed by atoms with van der Waals surface area (Å²) in [6.07, 6.45) is 2.43. The molecule has 0 atom stereocenters. The standard InChI is InChI=1S/C18H12ClN5O5/c19-12-3-1-2-4-13(12)23-22-11-6-8-15(25)10(9-11)5-7-14-16(24(28)29)17(26)21-18(27)20-14/h1-9,25H,(H2,20,21,26,27)/b7-5+,23-22?. The van der Waals surface area contributed by atoms with Crippen molar-refractivity contribution >= 4 is 40.8 Å². The van der Waals surface area contributed by atoms with Gasteiger partial charge in [-0.3, -0.25) is 19.9 Å². The van der Waals surface area contributed by atoms with E-state index in [0.29, 0.717) is 16.4 Å². The number of nitro groups is 1. The van der Waals surface area contributed by atoms with Crippen molar-refractivity contribution in [1.29, 1.82) is 0 Å². The third-order valence-corrected chi connectivity index (χ3v) is 4.01. The molecule has 146 valence electrons. The van der Waals surface area contributed by atoms with Crippen LogP contribution in [0.2, 0.25) is 5.02 Å². The number of phenols is 1. The maximum atomic E-state index is 11.6. The number of aromatic amines is 2. The highest BCUT2D eigenvalue weighted by Gasteiger charge is 2.18. The Hall–Kier alpha value is -4.05. The summed E-state index contributed by atoms with van der Waals surface area (Å²) >= 11 is 6.01. The van der Waals surface area contributed by atoms with Crippen LogP contribution in [0.4, 0.5) is 17.1 Å². The van der Waals surface area contributed by atoms with E-state index in [1.165, 1.54) is 24.3 Å². The van der Waals surface area contributed by atoms with E-state index in [1.54, 1.807) is 29.2 Å². The zero-order valence-electron chi connectivity index (χ0n) is 14.5. The van der Waals surface area contributed by atoms with Crippen LogP contribution in [0, 0.1) is 10.1 Å². The zero-order valence-corrected chi connectivity index (χ0v) is 15.3. The molecule has 0 saturated carbocycles. The number of aromatic hydroxyl groups is 1. The van der Waals surface area contributed by atoms with E-state index in [-0.39, 0.29) is 17.0 Å². The van der Waals surface area contributed by atoms with Gasteiger partial charge >= 0.3 is 16.9 Å². The molecule has 0 unspecified atom stereocenters. The number of H-pyrrole nitrogens is 2. The molecule has 0 amide bonds. The second kappa shape index (κ2) is 8.31. The summed E-state index contributed by atoms with van der Waals surface area (Å²) in [4.78, 5) is 37.2. The van der Waals surface area contributed by atoms with Crippen LogP contribution in [0.15, 0.2) is 62.3 Å². The van der Waals surface area contributed by atoms with Gasteiger partial charge in [0, 0.05) is 5.56 Å². The summed E-state index contributed by atoms with van der Waals surface area (Å²) in [7, 11) is 0. The average molecular weight is 414 g/mol. The fourth-order valence-electron chi connectivity index (χ4n) is 2.35. The molecule has 3 rings (SSSR count). The van der Waals surface area contributed by atoms with Crippen LogP contribution in [-0.2, 0) is 0 Å². The molecule has 0 aliphatic carbocycles. The molecule has 2 aromatic carbocycles. The Morgan fingerprint density at radius 1 is 1.07 bits per heavy atom. The van der Waals surface area contributed by atoms with Gasteiger partial charge in [-0.25, -0.2) is 4.79 Å². The maximum Gasteiger partial charge on any atom is 0.357 e. The van der Waals surface area contributed by atoms with Gasteiger partial charge in [-0.1, -0.05) is 23.7 Å². The molecule has 10 nitrogen and oxygen atoms in total. The Morgan fingerprint density at radius 3 is 2.55 bits per heavy atom. The summed E-state index contributed by atoms with van der Waals surface area (Å²) in [5, 5.41) is 29.6. The zero-order chi connectivity index (χ0) is 21.0. The van der Waals surface area contributed by atoms with Crippen LogP contribution in [0.25, 0.3) is 12.2 Å². The first-order chi connectivity index (χ1) is 13.8. The van der Waals surface area contributed by atoms with Crippen molar-refractivity contribution < 1.29 is 10.0 Å². The number of azo groups is 1. The molecule has 3 N–H and O–H groups in total. The minimum Gasteiger partial charge on any atom is -0.507 e. The van der Waals surface area contributed by atoms with Gasteiger partial charge in [0.05, 0.1) is 15.6 Å². The summed E-state index contributed by atoms with van der Waals surface area (Å²) in [5.74, 6) is -0.146. The highest BCUT2D eigenvalue weighted by Crippen LogP contribution is 2.29. The lowest BCUT2D eigenvalue weighted by Gasteiger charge is -2.01. The molecule has 0 spiro atoms. The molecule has 1 aromatic heterocycles. The van der Waals surface area contributed by atoms with Crippen molar-refractivity contribution in [3.05, 3.63) is 89.7 Å². The maximum absolute atomic E-state index is 11.6. The van der Waals surface area contributed by atoms with Crippen molar-refractivity contribution in [2.75, 3.05) is 0 Å². The number of phenolic OH excluding ortho intramolecular Hbond substituents is 1. The molecular weight excluding hydrogens is 402 g/mol. The number of hydrogen-bond acceptors (Lipinski definition) is 7. The molecule has 0 bridgehead atoms. The number of benzene rings is 2. The van der Waals surface area contributed by atoms with Crippen molar-refractivity contribution in [3.63, 3.8) is 0 Å². The first-order valence-electron chi connectivity index (χ1n) is 8.03. The molecule has 0 saturated heterocycles. The molecule has 0 radical (unpaired) electrons. The molecule has 11 heteroatoms. The van der Waals surface area contributed by atoms with Gasteiger partial charge < -0.3 is 10.1 Å². The summed E-state index contributed by atoms with van der Waals surface area (Å²) in [6, 6.07) is 11.2. The summed E-state index contributed by atoms with van der Waals surface area (Å²) in [6.45, 7) is 0. The largest absolute Gasteiger partial charge is 0.507 e. The highest BCUT2D eigenvalue weighted by atomic mass is 35.5. The van der Waals surface area contributed by atoms with Gasteiger partial charge in [-0.2, -0.15) is 5.11 Å². The quantitative estimate of drug-likeness (QED) is 0.328. The predicted octanol–water partition coefficient (Wildman–Crippen LogP) is 3.92. The van der Waals surface area contributed by atoms with Crippen LogP contribution in [0.5, 0.6) is 5.75 Å². The number of hydrogen-bond donors (Lipinski definition) is 3. The monoisotopic (exact) mass is 413 g/mol. The van der Waals surface area contributed by atoms with Crippen LogP contribution in [0.3, 0.4) is 0 Å². The molecule has 1 heterocycles. The fourth-order valence-corrected chi connectivity index (χ4v) is 2.53. The van der Waals surface area contributed by atoms with Gasteiger partial charge in [-0.15, -0.1) is 5.11 Å². The number of rotatable bonds is 5. The number of aromatic nitrogens is 2. The molecule has 0 aliphatic heterocycles. The third-order valence-electron chi connectivity index (χ3n) is 3.69. The van der Waals surface area contributed by atoms with Crippen molar-refractivity contribution in [2.24, 2.45) is 10.2 Å². The number of nitrogens with zero attached hydrogens (tertiary/aromatic N) is 3. The van der Waals surface area contributed by atoms with E-state index in [0.717, 1.165) is 6.08 Å². The first kappa shape index (κ1) is 19.7. The average Bonchev–Trinajstić information content (AvgIpc) is 2.66. The molecule has 3 aromatic rings. The van der Waals surface area contributed by atoms with Crippen molar-refractivity contribution in [2.45, 2.75) is 0 Å². The van der Waals surface area contributed by atoms with Gasteiger partial charge in [0.2, 0.25) is 0 Å². The minimum atomic E-state index is -1.13. The van der Waals surface area contributed by atoms with E-state index < -0.39 is 21.9 Å². The molecule has 0 aliphatic rings. The van der Waals surface area contributed by atoms with Gasteiger partial charge in [-0.05, 0) is 42.5 Å². The molecule has 0 fully saturated rings. The Labute approximate surface area is 167 Å². The second-order valence-corrected chi connectivity index (χ2v) is 6.06. The van der Waals surface area contributed by atoms with E-state index in [2.05, 4.69) is 15.2 Å². The summed E-state index contributed by atoms with van der Waals surface area (Å²) in [5.41, 5.74) is -2.11. The number of nitrogens with one attached hydrogen (secondary N) is 2. The third kappa shape index (κ3) is 4.62. The Balaban J connectivity index is 1.96. The first-order valence-corrected chi connectivity index (χ1v) is 8.41. The second-order valence-electron chi connectivity index (χ2n) is 5.66. The fraction of sp³-hybridized carbons (Fsp3) is 0. The Morgan fingerprint density at radius 2 is 1.83 bits per heavy atom. The number of halogens is 1. The molecule has 29 heavy (non-hydrogen) atoms.